The van der Waals surface area contributed by atoms with Gasteiger partial charge < -0.3 is 69.9 Å². The molecule has 84 heavy (non-hydrogen) atoms. The summed E-state index contributed by atoms with van der Waals surface area (Å²) in [7, 11) is -0.556. The number of urea groups is 2. The molecule has 6 N–H and O–H groups in total. The molecular formula is C58H83BF5IN10O8S. The van der Waals surface area contributed by atoms with Crippen molar-refractivity contribution >= 4 is 95.4 Å². The van der Waals surface area contributed by atoms with Gasteiger partial charge in [0.1, 0.15) is 11.6 Å². The number of likely N-dealkylation sites (tertiary alicyclic amines) is 2. The molecule has 0 spiro atoms. The number of rotatable bonds is 14. The van der Waals surface area contributed by atoms with Gasteiger partial charge in [-0.2, -0.15) is 26.7 Å². The Morgan fingerprint density at radius 2 is 1.17 bits per heavy atom. The second kappa shape index (κ2) is 30.1. The second-order valence-electron chi connectivity index (χ2n) is 22.9. The van der Waals surface area contributed by atoms with Gasteiger partial charge in [-0.1, -0.05) is 31.0 Å². The summed E-state index contributed by atoms with van der Waals surface area (Å²) in [6.07, 6.45) is -2.60. The summed E-state index contributed by atoms with van der Waals surface area (Å²) in [5, 5.41) is 30.2. The maximum atomic E-state index is 15.8. The first-order valence-corrected chi connectivity index (χ1v) is 29.6. The number of hydrogen-bond donors (Lipinski definition) is 6. The highest BCUT2D eigenvalue weighted by molar-refractivity contribution is 14.1. The number of alkyl halides is 3. The van der Waals surface area contributed by atoms with E-state index < -0.39 is 48.7 Å². The number of ether oxygens (including phenoxy) is 2. The summed E-state index contributed by atoms with van der Waals surface area (Å²) < 4.78 is 91.0. The zero-order valence-corrected chi connectivity index (χ0v) is 52.7. The maximum absolute atomic E-state index is 15.8. The summed E-state index contributed by atoms with van der Waals surface area (Å²) >= 11 is 1.96. The van der Waals surface area contributed by atoms with Crippen molar-refractivity contribution in [1.82, 2.24) is 19.8 Å². The number of morpholine rings is 2. The zero-order chi connectivity index (χ0) is 60.4. The molecule has 5 saturated heterocycles. The maximum Gasteiger partial charge on any atom is 0.495 e. The van der Waals surface area contributed by atoms with E-state index in [4.69, 9.17) is 23.9 Å². The van der Waals surface area contributed by atoms with Crippen molar-refractivity contribution in [3.63, 3.8) is 0 Å². The molecular weight excluding hydrogens is 1230 g/mol. The fourth-order valence-electron chi connectivity index (χ4n) is 10.1. The first kappa shape index (κ1) is 68.2. The average Bonchev–Trinajstić information content (AvgIpc) is 4.31. The molecule has 4 atom stereocenters. The molecule has 9 rings (SSSR count). The molecule has 5 aliphatic heterocycles. The van der Waals surface area contributed by atoms with E-state index in [1.165, 1.54) is 4.90 Å². The number of carbonyl (C=O) groups excluding carboxylic acids is 2. The van der Waals surface area contributed by atoms with Crippen LogP contribution in [0.5, 0.6) is 0 Å². The Morgan fingerprint density at radius 3 is 1.65 bits per heavy atom. The largest absolute Gasteiger partial charge is 0.495 e. The Hall–Kier alpha value is -4.97. The number of nitrogens with zero attached hydrogens (tertiary/aromatic N) is 6. The van der Waals surface area contributed by atoms with Crippen LogP contribution in [0.3, 0.4) is 0 Å². The molecule has 18 nitrogen and oxygen atoms in total. The highest BCUT2D eigenvalue weighted by atomic mass is 127. The minimum Gasteiger partial charge on any atom is -0.399 e. The monoisotopic (exact) mass is 1310 g/mol. The lowest BCUT2D eigenvalue weighted by atomic mass is 9.76. The molecule has 0 radical (unpaired) electrons. The molecule has 464 valence electrons. The van der Waals surface area contributed by atoms with E-state index in [1.807, 2.05) is 93.3 Å². The van der Waals surface area contributed by atoms with Gasteiger partial charge in [-0.3, -0.25) is 0 Å². The van der Waals surface area contributed by atoms with E-state index in [0.29, 0.717) is 90.3 Å². The Kier molecular flexibility index (Phi) is 24.4. The second-order valence-corrected chi connectivity index (χ2v) is 24.1. The number of aryl methyl sites for hydroxylation is 2. The van der Waals surface area contributed by atoms with E-state index in [9.17, 15) is 32.3 Å². The van der Waals surface area contributed by atoms with E-state index in [1.54, 1.807) is 38.1 Å². The van der Waals surface area contributed by atoms with Gasteiger partial charge >= 0.3 is 25.4 Å². The Balaban J connectivity index is 0.000000209. The number of nitrogens with one attached hydrogen (secondary N) is 4. The van der Waals surface area contributed by atoms with Crippen molar-refractivity contribution in [3.8, 4) is 11.1 Å². The van der Waals surface area contributed by atoms with Crippen molar-refractivity contribution in [2.45, 2.75) is 117 Å². The van der Waals surface area contributed by atoms with E-state index in [-0.39, 0.29) is 68.8 Å². The molecule has 26 heteroatoms. The van der Waals surface area contributed by atoms with Crippen molar-refractivity contribution in [2.24, 2.45) is 11.8 Å². The van der Waals surface area contributed by atoms with Gasteiger partial charge in [0.05, 0.1) is 54.4 Å². The minimum atomic E-state index is -4.20. The van der Waals surface area contributed by atoms with Gasteiger partial charge in [0, 0.05) is 87.8 Å². The fourth-order valence-corrected chi connectivity index (χ4v) is 10.6. The van der Waals surface area contributed by atoms with Crippen molar-refractivity contribution in [2.75, 3.05) is 123 Å². The molecule has 7 heterocycles. The number of carbonyl (C=O) groups is 2. The van der Waals surface area contributed by atoms with Gasteiger partial charge in [0.25, 0.3) is 0 Å². The molecule has 4 amide bonds. The number of benzene rings is 2. The van der Waals surface area contributed by atoms with Crippen LogP contribution < -0.4 is 36.5 Å². The predicted molar refractivity (Wildman–Crippen MR) is 333 cm³/mol. The van der Waals surface area contributed by atoms with Crippen LogP contribution in [-0.4, -0.2) is 171 Å². The summed E-state index contributed by atoms with van der Waals surface area (Å²) in [6.45, 7) is 24.5. The Morgan fingerprint density at radius 1 is 0.702 bits per heavy atom. The number of aromatic nitrogens is 2. The van der Waals surface area contributed by atoms with Crippen LogP contribution in [-0.2, 0) is 18.8 Å². The summed E-state index contributed by atoms with van der Waals surface area (Å²) in [5.41, 5.74) is 3.97. The average molecular weight is 1310 g/mol. The number of aliphatic hydroxyl groups excluding tert-OH is 2. The third kappa shape index (κ3) is 18.1. The smallest absolute Gasteiger partial charge is 0.399 e. The fraction of sp³-hybridized carbons (Fsp3) is 0.586. The van der Waals surface area contributed by atoms with Crippen LogP contribution in [0.25, 0.3) is 11.1 Å². The Labute approximate surface area is 511 Å². The Bertz CT molecular complexity index is 2840. The lowest BCUT2D eigenvalue weighted by Crippen LogP contribution is -2.41. The highest BCUT2D eigenvalue weighted by Gasteiger charge is 2.52. The van der Waals surface area contributed by atoms with Gasteiger partial charge in [-0.15, -0.1) is 0 Å². The van der Waals surface area contributed by atoms with Crippen LogP contribution >= 0.6 is 36.1 Å². The number of anilines is 6. The van der Waals surface area contributed by atoms with E-state index >= 15 is 4.39 Å². The van der Waals surface area contributed by atoms with Crippen molar-refractivity contribution in [3.05, 3.63) is 74.9 Å². The molecule has 0 saturated carbocycles. The lowest BCUT2D eigenvalue weighted by Gasteiger charge is -2.32. The summed E-state index contributed by atoms with van der Waals surface area (Å²) in [5.74, 6) is 0.815. The zero-order valence-electron chi connectivity index (χ0n) is 49.5. The molecule has 0 unspecified atom stereocenters. The van der Waals surface area contributed by atoms with Crippen LogP contribution in [0.4, 0.5) is 66.2 Å². The van der Waals surface area contributed by atoms with Crippen molar-refractivity contribution in [1.29, 1.82) is 0 Å². The minimum absolute atomic E-state index is 0. The summed E-state index contributed by atoms with van der Waals surface area (Å²) in [6, 6.07) is 13.4. The topological polar surface area (TPSA) is 198 Å². The number of amides is 4. The first-order valence-electron chi connectivity index (χ1n) is 28.5. The molecule has 2 aromatic carbocycles. The first-order chi connectivity index (χ1) is 39.3. The van der Waals surface area contributed by atoms with Gasteiger partial charge in [0.15, 0.2) is 23.3 Å². The van der Waals surface area contributed by atoms with Gasteiger partial charge in [-0.25, -0.2) is 28.3 Å². The molecule has 2 aromatic heterocycles. The van der Waals surface area contributed by atoms with Crippen LogP contribution in [0.2, 0.25) is 0 Å². The van der Waals surface area contributed by atoms with Gasteiger partial charge in [0.2, 0.25) is 0 Å². The van der Waals surface area contributed by atoms with Crippen LogP contribution in [0.15, 0.2) is 48.5 Å². The number of pyridine rings is 2. The predicted octanol–water partition coefficient (Wildman–Crippen LogP) is 9.76. The SMILES string of the molecule is CC[C@@H]1CCN(C(=O)Nc2ccc(C)c(-c3cc(N4CCOCC4)nc(N[C@H](C)CO)c3F)c2)C1.C[C@H](CO)Nc1nc(N2CCOCC2)cc(I)c1F.Cc1ccc(NC(=O)N2CC[C@@H](CC(F)(F)F)C2)cc1B1OC(C)(C)C(C)(C)O1.S. The molecule has 5 fully saturated rings. The standard InChI is InChI=1S/C26H36FN5O3.C20H28BF3N2O3.C12H17FIN3O2.H2S/c1-4-19-7-8-32(15-19)26(34)29-20-6-5-17(2)21(13-20)22-14-23(31-9-11-35-12-10-31)30-25(24(22)27)28-18(3)16-33;1-13-6-7-15(10-16(13)21-28-18(2,3)19(4,5)29-21)25-17(27)26-9-8-14(12-26)11-20(22,23)24;1-8(7-18)15-12-11(13)9(14)6-10(16-12)17-2-4-19-5-3-17;/h5-6,13-14,18-19,33H,4,7-12,15-16H2,1-3H3,(H,28,30)(H,29,34);6-7,10,14H,8-9,11-12H2,1-5H3,(H,25,27);6,8,18H,2-5,7H2,1H3,(H,15,16);1H2/t18-,19-;14-;8-;/m101./s1. The van der Waals surface area contributed by atoms with Crippen molar-refractivity contribution < 1.29 is 60.5 Å². The van der Waals surface area contributed by atoms with Crippen LogP contribution in [0.1, 0.15) is 85.3 Å². The number of hydrogen-bond acceptors (Lipinski definition) is 14. The number of halogens is 6. The van der Waals surface area contributed by atoms with E-state index in [0.717, 1.165) is 61.4 Å². The lowest BCUT2D eigenvalue weighted by molar-refractivity contribution is -0.143. The molecule has 4 aromatic rings. The highest BCUT2D eigenvalue weighted by Crippen LogP contribution is 2.38. The van der Waals surface area contributed by atoms with Crippen LogP contribution in [0, 0.1) is 40.9 Å². The summed E-state index contributed by atoms with van der Waals surface area (Å²) in [4.78, 5) is 41.6. The molecule has 0 aliphatic carbocycles. The molecule has 0 bridgehead atoms. The van der Waals surface area contributed by atoms with Gasteiger partial charge in [-0.05, 0) is 156 Å². The van der Waals surface area contributed by atoms with E-state index in [2.05, 4.69) is 48.0 Å². The third-order valence-corrected chi connectivity index (χ3v) is 16.7. The third-order valence-electron chi connectivity index (χ3n) is 15.9. The quantitative estimate of drug-likeness (QED) is 0.0396. The molecule has 5 aliphatic rings. The number of aliphatic hydroxyl groups is 2. The normalized spacial score (nSPS) is 20.0.